The molecule has 3 heterocycles. The Morgan fingerprint density at radius 2 is 2.13 bits per heavy atom. The quantitative estimate of drug-likeness (QED) is 0.443. The Morgan fingerprint density at radius 1 is 1.32 bits per heavy atom. The van der Waals surface area contributed by atoms with Crippen molar-refractivity contribution >= 4 is 28.9 Å². The van der Waals surface area contributed by atoms with Gasteiger partial charge in [0.15, 0.2) is 5.65 Å². The summed E-state index contributed by atoms with van der Waals surface area (Å²) < 4.78 is 25.4. The van der Waals surface area contributed by atoms with Gasteiger partial charge < -0.3 is 25.4 Å². The second kappa shape index (κ2) is 8.72. The minimum Gasteiger partial charge on any atom is -0.474 e. The lowest BCUT2D eigenvalue weighted by atomic mass is 10.3. The zero-order valence-electron chi connectivity index (χ0n) is 17.5. The number of pyridine rings is 1. The summed E-state index contributed by atoms with van der Waals surface area (Å²) in [5.74, 6) is 1.08. The van der Waals surface area contributed by atoms with Crippen LogP contribution in [-0.2, 0) is 4.74 Å². The fraction of sp³-hybridized carbons (Fsp3) is 0.400. The van der Waals surface area contributed by atoms with Gasteiger partial charge >= 0.3 is 0 Å². The number of nitrogens with one attached hydrogen (secondary N) is 3. The van der Waals surface area contributed by atoms with Gasteiger partial charge in [0, 0.05) is 32.8 Å². The number of rotatable bonds is 9. The Bertz CT molecular complexity index is 1100. The number of aromatic nitrogens is 4. The van der Waals surface area contributed by atoms with Gasteiger partial charge in [-0.3, -0.25) is 4.79 Å². The van der Waals surface area contributed by atoms with Crippen LogP contribution in [0.3, 0.4) is 0 Å². The molecule has 164 valence electrons. The molecule has 1 fully saturated rings. The Labute approximate surface area is 178 Å². The van der Waals surface area contributed by atoms with Crippen molar-refractivity contribution < 1.29 is 18.7 Å². The van der Waals surface area contributed by atoms with E-state index in [-0.39, 0.29) is 5.56 Å². The molecule has 0 saturated heterocycles. The lowest BCUT2D eigenvalue weighted by Crippen LogP contribution is -2.27. The van der Waals surface area contributed by atoms with Crippen LogP contribution in [0.5, 0.6) is 5.88 Å². The number of amides is 1. The predicted molar refractivity (Wildman–Crippen MR) is 113 cm³/mol. The van der Waals surface area contributed by atoms with E-state index in [2.05, 4.69) is 31.0 Å². The van der Waals surface area contributed by atoms with Gasteiger partial charge in [-0.05, 0) is 18.6 Å². The van der Waals surface area contributed by atoms with Crippen molar-refractivity contribution in [1.82, 2.24) is 24.9 Å². The molecule has 1 aliphatic rings. The van der Waals surface area contributed by atoms with E-state index >= 15 is 0 Å². The van der Waals surface area contributed by atoms with Crippen molar-refractivity contribution in [2.45, 2.75) is 25.6 Å². The Hall–Kier alpha value is -3.47. The number of halogens is 1. The number of carbonyl (C=O) groups excluding carboxylic acids is 1. The lowest BCUT2D eigenvalue weighted by molar-refractivity contribution is 0.0949. The molecule has 3 aromatic heterocycles. The maximum absolute atomic E-state index is 13.2. The molecule has 1 amide bonds. The van der Waals surface area contributed by atoms with Crippen molar-refractivity contribution in [1.29, 1.82) is 0 Å². The Kier molecular flexibility index (Phi) is 5.85. The van der Waals surface area contributed by atoms with Gasteiger partial charge in [0.1, 0.15) is 35.7 Å². The van der Waals surface area contributed by atoms with E-state index in [0.717, 1.165) is 5.56 Å². The molecule has 0 spiro atoms. The molecule has 2 atom stereocenters. The number of nitrogens with zero attached hydrogens (tertiary/aromatic N) is 4. The fourth-order valence-electron chi connectivity index (χ4n) is 3.05. The van der Waals surface area contributed by atoms with Crippen LogP contribution in [0.2, 0.25) is 0 Å². The summed E-state index contributed by atoms with van der Waals surface area (Å²) in [4.78, 5) is 21.5. The van der Waals surface area contributed by atoms with Gasteiger partial charge in [-0.15, -0.1) is 0 Å². The van der Waals surface area contributed by atoms with E-state index in [4.69, 9.17) is 9.47 Å². The van der Waals surface area contributed by atoms with Gasteiger partial charge in [-0.2, -0.15) is 9.61 Å². The molecule has 3 aromatic rings. The first-order valence-corrected chi connectivity index (χ1v) is 9.87. The molecule has 0 unspecified atom stereocenters. The van der Waals surface area contributed by atoms with Crippen LogP contribution in [0, 0.1) is 6.92 Å². The standard InChI is InChI=1S/C20H24FN7O3/c1-11-6-15(20(23-9-11)31-5-4-30-3)25-16-8-17(22-2)28-18(27-16)12(10-24-28)19(29)26-14-7-13(14)21/h6,8-10,13-14,22H,4-5,7H2,1-3H3,(H,25,27)(H,26,29)/t13-,14+/m1/s1. The first kappa shape index (κ1) is 20.8. The van der Waals surface area contributed by atoms with Gasteiger partial charge in [0.05, 0.1) is 18.8 Å². The molecule has 11 heteroatoms. The van der Waals surface area contributed by atoms with Crippen LogP contribution < -0.4 is 20.7 Å². The number of ether oxygens (including phenoxy) is 2. The molecule has 0 aromatic carbocycles. The first-order valence-electron chi connectivity index (χ1n) is 9.87. The summed E-state index contributed by atoms with van der Waals surface area (Å²) in [5.41, 5.74) is 2.16. The zero-order valence-corrected chi connectivity index (χ0v) is 17.5. The van der Waals surface area contributed by atoms with Crippen LogP contribution in [0.1, 0.15) is 22.3 Å². The van der Waals surface area contributed by atoms with Gasteiger partial charge in [-0.1, -0.05) is 0 Å². The third kappa shape index (κ3) is 4.50. The molecule has 4 rings (SSSR count). The largest absolute Gasteiger partial charge is 0.474 e. The molecule has 0 radical (unpaired) electrons. The van der Waals surface area contributed by atoms with Crippen molar-refractivity contribution in [3.8, 4) is 5.88 Å². The van der Waals surface area contributed by atoms with E-state index in [1.807, 2.05) is 13.0 Å². The maximum Gasteiger partial charge on any atom is 0.257 e. The summed E-state index contributed by atoms with van der Waals surface area (Å²) in [6, 6.07) is 3.19. The van der Waals surface area contributed by atoms with Crippen LogP contribution in [0.25, 0.3) is 5.65 Å². The Balaban J connectivity index is 1.66. The number of fused-ring (bicyclic) bond motifs is 1. The highest BCUT2D eigenvalue weighted by Gasteiger charge is 2.39. The predicted octanol–water partition coefficient (Wildman–Crippen LogP) is 2.08. The summed E-state index contributed by atoms with van der Waals surface area (Å²) >= 11 is 0. The molecular formula is C20H24FN7O3. The average Bonchev–Trinajstić information content (AvgIpc) is 3.26. The number of carbonyl (C=O) groups is 1. The molecule has 3 N–H and O–H groups in total. The highest BCUT2D eigenvalue weighted by atomic mass is 19.1. The minimum absolute atomic E-state index is 0.262. The fourth-order valence-corrected chi connectivity index (χ4v) is 3.05. The summed E-state index contributed by atoms with van der Waals surface area (Å²) in [6.07, 6.45) is 2.47. The van der Waals surface area contributed by atoms with Crippen molar-refractivity contribution in [2.75, 3.05) is 38.0 Å². The third-order valence-electron chi connectivity index (χ3n) is 4.78. The minimum atomic E-state index is -0.991. The zero-order chi connectivity index (χ0) is 22.0. The number of alkyl halides is 1. The third-order valence-corrected chi connectivity index (χ3v) is 4.78. The first-order chi connectivity index (χ1) is 15.0. The van der Waals surface area contributed by atoms with Crippen LogP contribution >= 0.6 is 0 Å². The van der Waals surface area contributed by atoms with Crippen molar-refractivity contribution in [3.63, 3.8) is 0 Å². The number of hydrogen-bond donors (Lipinski definition) is 3. The molecule has 31 heavy (non-hydrogen) atoms. The van der Waals surface area contributed by atoms with E-state index in [1.54, 1.807) is 26.4 Å². The highest BCUT2D eigenvalue weighted by Crippen LogP contribution is 2.29. The van der Waals surface area contributed by atoms with Gasteiger partial charge in [-0.25, -0.2) is 14.4 Å². The molecule has 1 aliphatic carbocycles. The Morgan fingerprint density at radius 3 is 2.84 bits per heavy atom. The van der Waals surface area contributed by atoms with E-state index in [1.165, 1.54) is 10.7 Å². The topological polar surface area (TPSA) is 115 Å². The highest BCUT2D eigenvalue weighted by molar-refractivity contribution is 6.00. The lowest BCUT2D eigenvalue weighted by Gasteiger charge is -2.14. The molecule has 10 nitrogen and oxygen atoms in total. The number of hydrogen-bond acceptors (Lipinski definition) is 8. The van der Waals surface area contributed by atoms with Crippen LogP contribution in [0.15, 0.2) is 24.5 Å². The molecular weight excluding hydrogens is 405 g/mol. The second-order valence-corrected chi connectivity index (χ2v) is 7.23. The summed E-state index contributed by atoms with van der Waals surface area (Å²) in [5, 5.41) is 13.2. The number of anilines is 3. The molecule has 0 bridgehead atoms. The SMILES string of the molecule is CNc1cc(Nc2cc(C)cnc2OCCOC)nc2c(C(=O)N[C@H]3C[C@H]3F)cnn12. The van der Waals surface area contributed by atoms with Crippen LogP contribution in [-0.4, -0.2) is 65.1 Å². The van der Waals surface area contributed by atoms with Gasteiger partial charge in [0.2, 0.25) is 5.88 Å². The summed E-state index contributed by atoms with van der Waals surface area (Å²) in [6.45, 7) is 2.69. The maximum atomic E-state index is 13.2. The van der Waals surface area contributed by atoms with E-state index < -0.39 is 18.1 Å². The second-order valence-electron chi connectivity index (χ2n) is 7.23. The summed E-state index contributed by atoms with van der Waals surface area (Å²) in [7, 11) is 3.34. The van der Waals surface area contributed by atoms with Crippen LogP contribution in [0.4, 0.5) is 21.7 Å². The molecule has 0 aliphatic heterocycles. The van der Waals surface area contributed by atoms with E-state index in [9.17, 15) is 9.18 Å². The van der Waals surface area contributed by atoms with Crippen molar-refractivity contribution in [2.24, 2.45) is 0 Å². The normalized spacial score (nSPS) is 17.4. The molecule has 1 saturated carbocycles. The van der Waals surface area contributed by atoms with Crippen molar-refractivity contribution in [3.05, 3.63) is 35.7 Å². The smallest absolute Gasteiger partial charge is 0.257 e. The number of methoxy groups -OCH3 is 1. The van der Waals surface area contributed by atoms with Gasteiger partial charge in [0.25, 0.3) is 5.91 Å². The van der Waals surface area contributed by atoms with E-state index in [0.29, 0.717) is 48.5 Å². The monoisotopic (exact) mass is 429 g/mol. The number of aryl methyl sites for hydroxylation is 1. The average molecular weight is 429 g/mol.